The number of allylic oxidation sites excluding steroid dienone is 1. The molecule has 0 saturated carbocycles. The van der Waals surface area contributed by atoms with Gasteiger partial charge in [-0.3, -0.25) is 9.98 Å². The van der Waals surface area contributed by atoms with Crippen LogP contribution in [-0.4, -0.2) is 10.7 Å². The van der Waals surface area contributed by atoms with E-state index in [2.05, 4.69) is 54.4 Å². The predicted molar refractivity (Wildman–Crippen MR) is 83.8 cm³/mol. The number of aliphatic imine (C=N–C) groups is 1. The van der Waals surface area contributed by atoms with Gasteiger partial charge in [0.2, 0.25) is 0 Å². The first kappa shape index (κ1) is 12.8. The van der Waals surface area contributed by atoms with Crippen molar-refractivity contribution in [2.75, 3.05) is 0 Å². The van der Waals surface area contributed by atoms with Crippen molar-refractivity contribution in [3.05, 3.63) is 71.6 Å². The SMILES string of the molecule is CCCc1cc(C2=NC(c3ccccc3)=CC2)ccn1. The van der Waals surface area contributed by atoms with Gasteiger partial charge < -0.3 is 0 Å². The van der Waals surface area contributed by atoms with E-state index in [0.717, 1.165) is 36.4 Å². The van der Waals surface area contributed by atoms with E-state index in [1.165, 1.54) is 11.1 Å². The van der Waals surface area contributed by atoms with Crippen LogP contribution in [-0.2, 0) is 6.42 Å². The summed E-state index contributed by atoms with van der Waals surface area (Å²) < 4.78 is 0. The van der Waals surface area contributed by atoms with Gasteiger partial charge in [-0.15, -0.1) is 0 Å². The Labute approximate surface area is 119 Å². The molecule has 1 aliphatic rings. The van der Waals surface area contributed by atoms with Gasteiger partial charge in [-0.05, 0) is 29.7 Å². The van der Waals surface area contributed by atoms with Crippen molar-refractivity contribution in [3.8, 4) is 0 Å². The van der Waals surface area contributed by atoms with Crippen molar-refractivity contribution in [2.45, 2.75) is 26.2 Å². The standard InChI is InChI=1S/C18H18N2/c1-2-6-16-13-15(11-12-19-16)18-10-9-17(20-18)14-7-4-3-5-8-14/h3-5,7-9,11-13H,2,6,10H2,1H3. The molecule has 100 valence electrons. The second kappa shape index (κ2) is 5.83. The van der Waals surface area contributed by atoms with Crippen LogP contribution < -0.4 is 0 Å². The zero-order chi connectivity index (χ0) is 13.8. The van der Waals surface area contributed by atoms with Crippen LogP contribution in [0.2, 0.25) is 0 Å². The molecule has 0 unspecified atom stereocenters. The lowest BCUT2D eigenvalue weighted by Crippen LogP contribution is -1.99. The van der Waals surface area contributed by atoms with E-state index in [-0.39, 0.29) is 0 Å². The number of pyridine rings is 1. The number of benzene rings is 1. The second-order valence-corrected chi connectivity index (χ2v) is 5.00. The number of nitrogens with zero attached hydrogens (tertiary/aromatic N) is 2. The van der Waals surface area contributed by atoms with E-state index in [1.807, 2.05) is 12.3 Å². The smallest absolute Gasteiger partial charge is 0.0669 e. The summed E-state index contributed by atoms with van der Waals surface area (Å²) in [7, 11) is 0. The van der Waals surface area contributed by atoms with Crippen LogP contribution >= 0.6 is 0 Å². The van der Waals surface area contributed by atoms with Crippen LogP contribution in [0.3, 0.4) is 0 Å². The second-order valence-electron chi connectivity index (χ2n) is 5.00. The molecule has 2 heteroatoms. The van der Waals surface area contributed by atoms with Crippen molar-refractivity contribution < 1.29 is 0 Å². The van der Waals surface area contributed by atoms with Gasteiger partial charge in [-0.25, -0.2) is 0 Å². The minimum Gasteiger partial charge on any atom is -0.261 e. The van der Waals surface area contributed by atoms with Crippen molar-refractivity contribution in [2.24, 2.45) is 4.99 Å². The van der Waals surface area contributed by atoms with Gasteiger partial charge in [-0.2, -0.15) is 0 Å². The first-order chi connectivity index (χ1) is 9.86. The first-order valence-corrected chi connectivity index (χ1v) is 7.15. The van der Waals surface area contributed by atoms with Gasteiger partial charge in [0.15, 0.2) is 0 Å². The molecule has 3 rings (SSSR count). The van der Waals surface area contributed by atoms with E-state index >= 15 is 0 Å². The summed E-state index contributed by atoms with van der Waals surface area (Å²) >= 11 is 0. The molecule has 1 aliphatic heterocycles. The zero-order valence-electron chi connectivity index (χ0n) is 11.7. The van der Waals surface area contributed by atoms with E-state index in [1.54, 1.807) is 0 Å². The molecule has 0 spiro atoms. The average molecular weight is 262 g/mol. The molecule has 0 fully saturated rings. The third kappa shape index (κ3) is 2.69. The molecular formula is C18H18N2. The molecule has 2 aromatic rings. The highest BCUT2D eigenvalue weighted by Gasteiger charge is 2.12. The Morgan fingerprint density at radius 2 is 1.90 bits per heavy atom. The highest BCUT2D eigenvalue weighted by atomic mass is 14.8. The summed E-state index contributed by atoms with van der Waals surface area (Å²) in [4.78, 5) is 9.19. The minimum atomic E-state index is 0.903. The molecule has 0 bridgehead atoms. The molecular weight excluding hydrogens is 244 g/mol. The zero-order valence-corrected chi connectivity index (χ0v) is 11.7. The number of hydrogen-bond acceptors (Lipinski definition) is 2. The lowest BCUT2D eigenvalue weighted by atomic mass is 10.1. The van der Waals surface area contributed by atoms with Gasteiger partial charge in [0, 0.05) is 18.3 Å². The number of rotatable bonds is 4. The number of aromatic nitrogens is 1. The third-order valence-electron chi connectivity index (χ3n) is 3.47. The van der Waals surface area contributed by atoms with Crippen LogP contribution in [0.25, 0.3) is 5.70 Å². The van der Waals surface area contributed by atoms with Crippen molar-refractivity contribution in [1.29, 1.82) is 0 Å². The highest BCUT2D eigenvalue weighted by Crippen LogP contribution is 2.24. The van der Waals surface area contributed by atoms with Crippen LogP contribution in [0.1, 0.15) is 36.6 Å². The van der Waals surface area contributed by atoms with Gasteiger partial charge in [0.05, 0.1) is 11.4 Å². The van der Waals surface area contributed by atoms with Crippen molar-refractivity contribution >= 4 is 11.4 Å². The van der Waals surface area contributed by atoms with Crippen molar-refractivity contribution in [3.63, 3.8) is 0 Å². The molecule has 0 aliphatic carbocycles. The number of hydrogen-bond donors (Lipinski definition) is 0. The molecule has 1 aromatic heterocycles. The molecule has 0 saturated heterocycles. The fraction of sp³-hybridized carbons (Fsp3) is 0.222. The van der Waals surface area contributed by atoms with Crippen LogP contribution in [0.5, 0.6) is 0 Å². The molecule has 0 radical (unpaired) electrons. The van der Waals surface area contributed by atoms with Gasteiger partial charge >= 0.3 is 0 Å². The Hall–Kier alpha value is -2.22. The molecule has 20 heavy (non-hydrogen) atoms. The summed E-state index contributed by atoms with van der Waals surface area (Å²) in [6.45, 7) is 2.18. The molecule has 2 heterocycles. The van der Waals surface area contributed by atoms with E-state index in [9.17, 15) is 0 Å². The molecule has 2 nitrogen and oxygen atoms in total. The largest absolute Gasteiger partial charge is 0.261 e. The Morgan fingerprint density at radius 3 is 2.70 bits per heavy atom. The first-order valence-electron chi connectivity index (χ1n) is 7.15. The lowest BCUT2D eigenvalue weighted by Gasteiger charge is -2.03. The highest BCUT2D eigenvalue weighted by molar-refractivity contribution is 6.07. The van der Waals surface area contributed by atoms with Crippen LogP contribution in [0.4, 0.5) is 0 Å². The maximum atomic E-state index is 4.78. The van der Waals surface area contributed by atoms with E-state index in [4.69, 9.17) is 4.99 Å². The topological polar surface area (TPSA) is 25.2 Å². The maximum absolute atomic E-state index is 4.78. The molecule has 0 amide bonds. The normalized spacial score (nSPS) is 14.1. The van der Waals surface area contributed by atoms with E-state index < -0.39 is 0 Å². The summed E-state index contributed by atoms with van der Waals surface area (Å²) in [5, 5.41) is 0. The summed E-state index contributed by atoms with van der Waals surface area (Å²) in [5.74, 6) is 0. The number of aryl methyl sites for hydroxylation is 1. The third-order valence-corrected chi connectivity index (χ3v) is 3.47. The Balaban J connectivity index is 1.85. The Kier molecular flexibility index (Phi) is 3.73. The van der Waals surface area contributed by atoms with E-state index in [0.29, 0.717) is 0 Å². The summed E-state index contributed by atoms with van der Waals surface area (Å²) in [5.41, 5.74) is 5.76. The fourth-order valence-electron chi connectivity index (χ4n) is 2.45. The minimum absolute atomic E-state index is 0.903. The predicted octanol–water partition coefficient (Wildman–Crippen LogP) is 4.27. The summed E-state index contributed by atoms with van der Waals surface area (Å²) in [6, 6.07) is 14.6. The monoisotopic (exact) mass is 262 g/mol. The van der Waals surface area contributed by atoms with Gasteiger partial charge in [0.1, 0.15) is 0 Å². The Bertz CT molecular complexity index is 654. The Morgan fingerprint density at radius 1 is 1.05 bits per heavy atom. The fourth-order valence-corrected chi connectivity index (χ4v) is 2.45. The van der Waals surface area contributed by atoms with Crippen molar-refractivity contribution in [1.82, 2.24) is 4.98 Å². The average Bonchev–Trinajstić information content (AvgIpc) is 2.99. The molecule has 1 aromatic carbocycles. The van der Waals surface area contributed by atoms with Gasteiger partial charge in [-0.1, -0.05) is 49.8 Å². The lowest BCUT2D eigenvalue weighted by molar-refractivity contribution is 0.882. The molecule has 0 atom stereocenters. The van der Waals surface area contributed by atoms with Gasteiger partial charge in [0.25, 0.3) is 0 Å². The summed E-state index contributed by atoms with van der Waals surface area (Å²) in [6.07, 6.45) is 7.14. The van der Waals surface area contributed by atoms with Crippen LogP contribution in [0, 0.1) is 0 Å². The molecule has 0 N–H and O–H groups in total. The maximum Gasteiger partial charge on any atom is 0.0669 e. The quantitative estimate of drug-likeness (QED) is 0.807. The van der Waals surface area contributed by atoms with Crippen LogP contribution in [0.15, 0.2) is 59.7 Å².